The van der Waals surface area contributed by atoms with Crippen molar-refractivity contribution in [3.63, 3.8) is 0 Å². The number of ether oxygens (including phenoxy) is 1. The molecule has 2 aliphatic rings. The summed E-state index contributed by atoms with van der Waals surface area (Å²) in [7, 11) is 0. The molecule has 5 aromatic rings. The van der Waals surface area contributed by atoms with E-state index in [9.17, 15) is 19.8 Å². The van der Waals surface area contributed by atoms with Gasteiger partial charge in [-0.15, -0.1) is 0 Å². The van der Waals surface area contributed by atoms with E-state index in [2.05, 4.69) is 50.1 Å². The maximum atomic E-state index is 12.8. The van der Waals surface area contributed by atoms with Gasteiger partial charge in [-0.05, 0) is 117 Å². The number of aromatic hydroxyl groups is 1. The minimum Gasteiger partial charge on any atom is -0.506 e. The van der Waals surface area contributed by atoms with Crippen molar-refractivity contribution in [2.45, 2.75) is 69.6 Å². The quantitative estimate of drug-likeness (QED) is 0.0633. The molecule has 1 amide bonds. The van der Waals surface area contributed by atoms with E-state index in [1.807, 2.05) is 54.6 Å². The number of hydrogen-bond donors (Lipinski definition) is 6. The summed E-state index contributed by atoms with van der Waals surface area (Å²) >= 11 is 0. The number of likely N-dealkylation sites (tertiary alicyclic amines) is 1. The molecule has 0 spiro atoms. The summed E-state index contributed by atoms with van der Waals surface area (Å²) < 4.78 is 5.85. The number of aromatic amines is 1. The lowest BCUT2D eigenvalue weighted by Gasteiger charge is -2.34. The lowest BCUT2D eigenvalue weighted by Crippen LogP contribution is -2.39. The van der Waals surface area contributed by atoms with Gasteiger partial charge in [-0.25, -0.2) is 4.79 Å². The molecule has 2 fully saturated rings. The van der Waals surface area contributed by atoms with Crippen LogP contribution in [0.15, 0.2) is 108 Å². The predicted octanol–water partition coefficient (Wildman–Crippen LogP) is 7.84. The van der Waals surface area contributed by atoms with Crippen molar-refractivity contribution in [2.24, 2.45) is 5.92 Å². The van der Waals surface area contributed by atoms with Gasteiger partial charge in [-0.3, -0.25) is 10.1 Å². The largest absolute Gasteiger partial charge is 0.506 e. The number of benzene rings is 4. The monoisotopic (exact) mass is 743 g/mol. The van der Waals surface area contributed by atoms with Crippen molar-refractivity contribution in [3.05, 3.63) is 125 Å². The van der Waals surface area contributed by atoms with Crippen LogP contribution < -0.4 is 21.5 Å². The van der Waals surface area contributed by atoms with Crippen LogP contribution >= 0.6 is 0 Å². The fourth-order valence-corrected chi connectivity index (χ4v) is 8.10. The smallest absolute Gasteiger partial charge is 0.411 e. The number of carbonyl (C=O) groups excluding carboxylic acids is 1. The van der Waals surface area contributed by atoms with Crippen LogP contribution in [-0.4, -0.2) is 71.1 Å². The normalized spacial score (nSPS) is 18.5. The number of amides is 1. The first-order chi connectivity index (χ1) is 26.9. The Hall–Kier alpha value is -5.16. The van der Waals surface area contributed by atoms with Crippen LogP contribution in [-0.2, 0) is 11.2 Å². The lowest BCUT2D eigenvalue weighted by molar-refractivity contribution is 0.0566. The molecule has 7 rings (SSSR count). The second kappa shape index (κ2) is 18.4. The summed E-state index contributed by atoms with van der Waals surface area (Å²) in [6.45, 7) is 4.11. The number of phenols is 1. The molecule has 6 N–H and O–H groups in total. The number of aromatic nitrogens is 1. The Labute approximate surface area is 322 Å². The first-order valence-electron chi connectivity index (χ1n) is 19.8. The second-order valence-corrected chi connectivity index (χ2v) is 15.1. The molecule has 0 bridgehead atoms. The van der Waals surface area contributed by atoms with E-state index in [1.165, 1.54) is 49.8 Å². The molecule has 1 aliphatic carbocycles. The molecule has 2 heterocycles. The molecular formula is C45H53N5O5. The molecule has 1 atom stereocenters. The molecule has 288 valence electrons. The number of rotatable bonds is 14. The number of hydrogen-bond acceptors (Lipinski definition) is 8. The van der Waals surface area contributed by atoms with E-state index in [0.717, 1.165) is 67.3 Å². The topological polar surface area (TPSA) is 139 Å². The van der Waals surface area contributed by atoms with Crippen molar-refractivity contribution in [2.75, 3.05) is 43.4 Å². The summed E-state index contributed by atoms with van der Waals surface area (Å²) in [5.74, 6) is 0.743. The summed E-state index contributed by atoms with van der Waals surface area (Å²) in [5, 5.41) is 31.6. The number of piperidine rings is 1. The highest BCUT2D eigenvalue weighted by Crippen LogP contribution is 2.31. The number of carbonyl (C=O) groups is 1. The number of aliphatic hydroxyl groups excluding tert-OH is 1. The molecule has 55 heavy (non-hydrogen) atoms. The van der Waals surface area contributed by atoms with Crippen molar-refractivity contribution >= 4 is 28.4 Å². The zero-order valence-corrected chi connectivity index (χ0v) is 31.4. The van der Waals surface area contributed by atoms with Crippen molar-refractivity contribution in [3.8, 4) is 16.9 Å². The first-order valence-corrected chi connectivity index (χ1v) is 19.8. The fraction of sp³-hybridized carbons (Fsp3) is 0.378. The Kier molecular flexibility index (Phi) is 12.8. The summed E-state index contributed by atoms with van der Waals surface area (Å²) in [6.07, 6.45) is 7.45. The van der Waals surface area contributed by atoms with Gasteiger partial charge in [0.15, 0.2) is 0 Å². The number of para-hydroxylation sites is 1. The number of anilines is 2. The number of pyridine rings is 1. The van der Waals surface area contributed by atoms with E-state index in [0.29, 0.717) is 35.6 Å². The summed E-state index contributed by atoms with van der Waals surface area (Å²) in [5.41, 5.74) is 5.90. The Morgan fingerprint density at radius 2 is 1.60 bits per heavy atom. The average molecular weight is 744 g/mol. The molecule has 10 nitrogen and oxygen atoms in total. The minimum atomic E-state index is -0.773. The molecule has 1 aromatic heterocycles. The zero-order valence-electron chi connectivity index (χ0n) is 31.4. The number of nitrogens with one attached hydrogen (secondary N) is 4. The van der Waals surface area contributed by atoms with Crippen LogP contribution in [0.2, 0.25) is 0 Å². The van der Waals surface area contributed by atoms with Crippen LogP contribution in [0.5, 0.6) is 5.75 Å². The average Bonchev–Trinajstić information content (AvgIpc) is 3.21. The maximum Gasteiger partial charge on any atom is 0.411 e. The highest BCUT2D eigenvalue weighted by atomic mass is 16.6. The van der Waals surface area contributed by atoms with Gasteiger partial charge >= 0.3 is 6.09 Å². The summed E-state index contributed by atoms with van der Waals surface area (Å²) in [4.78, 5) is 29.7. The molecule has 0 unspecified atom stereocenters. The van der Waals surface area contributed by atoms with E-state index in [1.54, 1.807) is 12.1 Å². The number of fused-ring (bicyclic) bond motifs is 1. The van der Waals surface area contributed by atoms with Crippen LogP contribution in [0.3, 0.4) is 0 Å². The van der Waals surface area contributed by atoms with E-state index >= 15 is 0 Å². The van der Waals surface area contributed by atoms with Crippen LogP contribution in [0.1, 0.15) is 62.2 Å². The molecule has 4 aromatic carbocycles. The van der Waals surface area contributed by atoms with Gasteiger partial charge in [-0.1, -0.05) is 66.7 Å². The molecular weight excluding hydrogens is 691 g/mol. The van der Waals surface area contributed by atoms with Crippen molar-refractivity contribution in [1.82, 2.24) is 15.2 Å². The van der Waals surface area contributed by atoms with E-state index < -0.39 is 6.10 Å². The third-order valence-corrected chi connectivity index (χ3v) is 11.3. The van der Waals surface area contributed by atoms with Crippen molar-refractivity contribution < 1.29 is 19.7 Å². The number of H-pyrrole nitrogens is 1. The Morgan fingerprint density at radius 1 is 0.855 bits per heavy atom. The standard InChI is InChI=1S/C45H53N5O5/c51-41-20-18-38(39-19-21-43(53)49-44(39)41)42(52)30-46-26-22-31-10-14-34(15-11-31)47-35-16-12-32(13-17-35)23-27-50-28-24-36(25-29-50)55-45(54)48-40-9-5-4-8-37(40)33-6-2-1-3-7-33/h1-11,14-15,18-21,32,35-36,42,46-47,51-52H,12-13,16-17,22-30H2,(H,48,54)(H,49,53)/t32?,35?,42-/m0/s1. The van der Waals surface area contributed by atoms with Gasteiger partial charge < -0.3 is 35.5 Å². The third-order valence-electron chi connectivity index (χ3n) is 11.3. The molecule has 1 saturated carbocycles. The fourth-order valence-electron chi connectivity index (χ4n) is 8.10. The zero-order chi connectivity index (χ0) is 38.0. The van der Waals surface area contributed by atoms with E-state index in [4.69, 9.17) is 4.74 Å². The highest BCUT2D eigenvalue weighted by molar-refractivity contribution is 5.91. The minimum absolute atomic E-state index is 0.0138. The molecule has 1 saturated heterocycles. The van der Waals surface area contributed by atoms with E-state index in [-0.39, 0.29) is 23.5 Å². The Balaban J connectivity index is 0.758. The Morgan fingerprint density at radius 3 is 2.38 bits per heavy atom. The van der Waals surface area contributed by atoms with Gasteiger partial charge in [0.1, 0.15) is 11.9 Å². The van der Waals surface area contributed by atoms with Gasteiger partial charge in [0.05, 0.1) is 17.3 Å². The van der Waals surface area contributed by atoms with Gasteiger partial charge in [0.25, 0.3) is 0 Å². The van der Waals surface area contributed by atoms with Crippen LogP contribution in [0.4, 0.5) is 16.2 Å². The van der Waals surface area contributed by atoms with Gasteiger partial charge in [0, 0.05) is 48.4 Å². The third kappa shape index (κ3) is 10.3. The van der Waals surface area contributed by atoms with Crippen molar-refractivity contribution in [1.29, 1.82) is 0 Å². The van der Waals surface area contributed by atoms with Gasteiger partial charge in [0.2, 0.25) is 5.56 Å². The van der Waals surface area contributed by atoms with Gasteiger partial charge in [-0.2, -0.15) is 0 Å². The first kappa shape index (κ1) is 38.1. The SMILES string of the molecule is O=C(Nc1ccccc1-c1ccccc1)OC1CCN(CCC2CCC(Nc3ccc(CCNC[C@H](O)c4ccc(O)c5[nH]c(=O)ccc45)cc3)CC2)CC1. The van der Waals surface area contributed by atoms with Crippen LogP contribution in [0.25, 0.3) is 22.0 Å². The number of phenolic OH excluding ortho intramolecular Hbond substituents is 1. The van der Waals surface area contributed by atoms with Crippen LogP contribution in [0, 0.1) is 5.92 Å². The maximum absolute atomic E-state index is 12.8. The molecule has 10 heteroatoms. The number of nitrogens with zero attached hydrogens (tertiary/aromatic N) is 1. The second-order valence-electron chi connectivity index (χ2n) is 15.1. The lowest BCUT2D eigenvalue weighted by atomic mass is 9.84. The highest BCUT2D eigenvalue weighted by Gasteiger charge is 2.25. The summed E-state index contributed by atoms with van der Waals surface area (Å²) in [6, 6.07) is 33.3. The Bertz CT molecular complexity index is 2050. The predicted molar refractivity (Wildman–Crippen MR) is 220 cm³/mol. The molecule has 0 radical (unpaired) electrons. The molecule has 1 aliphatic heterocycles. The number of aliphatic hydroxyl groups is 1.